The molecule has 2 saturated heterocycles. The van der Waals surface area contributed by atoms with Crippen LogP contribution in [0.4, 0.5) is 0 Å². The number of hydrogen-bond acceptors (Lipinski definition) is 6. The molecular formula is C12H24N2O4. The molecule has 0 radical (unpaired) electrons. The van der Waals surface area contributed by atoms with E-state index in [9.17, 15) is 10.2 Å². The van der Waals surface area contributed by atoms with Crippen molar-refractivity contribution in [2.75, 3.05) is 65.7 Å². The summed E-state index contributed by atoms with van der Waals surface area (Å²) < 4.78 is 10.5. The third-order valence-corrected chi connectivity index (χ3v) is 3.54. The SMILES string of the molecule is O[C@@H](CN1CCOCC1)[C@@H](O)CN1CCOCC1. The van der Waals surface area contributed by atoms with Crippen molar-refractivity contribution in [1.29, 1.82) is 0 Å². The zero-order valence-corrected chi connectivity index (χ0v) is 10.8. The van der Waals surface area contributed by atoms with Crippen LogP contribution in [-0.2, 0) is 9.47 Å². The Morgan fingerprint density at radius 3 is 1.39 bits per heavy atom. The van der Waals surface area contributed by atoms with Crippen molar-refractivity contribution in [3.05, 3.63) is 0 Å². The van der Waals surface area contributed by atoms with Gasteiger partial charge in [0.25, 0.3) is 0 Å². The molecule has 2 aliphatic heterocycles. The number of hydrogen-bond donors (Lipinski definition) is 2. The van der Waals surface area contributed by atoms with E-state index in [1.165, 1.54) is 0 Å². The summed E-state index contributed by atoms with van der Waals surface area (Å²) in [6.07, 6.45) is -1.38. The molecule has 2 rings (SSSR count). The molecule has 0 aromatic carbocycles. The molecule has 6 nitrogen and oxygen atoms in total. The lowest BCUT2D eigenvalue weighted by Gasteiger charge is -2.33. The van der Waals surface area contributed by atoms with Crippen molar-refractivity contribution < 1.29 is 19.7 Å². The molecular weight excluding hydrogens is 236 g/mol. The molecule has 2 atom stereocenters. The predicted molar refractivity (Wildman–Crippen MR) is 66.5 cm³/mol. The monoisotopic (exact) mass is 260 g/mol. The fraction of sp³-hybridized carbons (Fsp3) is 1.00. The van der Waals surface area contributed by atoms with Crippen LogP contribution in [0.25, 0.3) is 0 Å². The summed E-state index contributed by atoms with van der Waals surface area (Å²) in [5, 5.41) is 20.0. The lowest BCUT2D eigenvalue weighted by molar-refractivity contribution is -0.0502. The molecule has 0 amide bonds. The second-order valence-electron chi connectivity index (χ2n) is 4.96. The van der Waals surface area contributed by atoms with Crippen molar-refractivity contribution in [3.8, 4) is 0 Å². The molecule has 0 bridgehead atoms. The second-order valence-corrected chi connectivity index (χ2v) is 4.96. The van der Waals surface area contributed by atoms with Crippen LogP contribution in [0.5, 0.6) is 0 Å². The highest BCUT2D eigenvalue weighted by molar-refractivity contribution is 4.77. The van der Waals surface area contributed by atoms with Gasteiger partial charge in [0.2, 0.25) is 0 Å². The number of β-amino-alcohol motifs (C(OH)–C–C–N with tert-alkyl or cyclic N) is 2. The third kappa shape index (κ3) is 4.46. The number of aliphatic hydroxyl groups excluding tert-OH is 2. The van der Waals surface area contributed by atoms with Crippen LogP contribution in [0.2, 0.25) is 0 Å². The van der Waals surface area contributed by atoms with Gasteiger partial charge in [-0.15, -0.1) is 0 Å². The van der Waals surface area contributed by atoms with Crippen LogP contribution in [0.1, 0.15) is 0 Å². The minimum atomic E-state index is -0.689. The molecule has 0 unspecified atom stereocenters. The standard InChI is InChI=1S/C12H24N2O4/c15-11(9-13-1-5-17-6-2-13)12(16)10-14-3-7-18-8-4-14/h11-12,15-16H,1-10H2/t11-,12-/m0/s1. The summed E-state index contributed by atoms with van der Waals surface area (Å²) >= 11 is 0. The smallest absolute Gasteiger partial charge is 0.0938 e. The molecule has 18 heavy (non-hydrogen) atoms. The Labute approximate surface area is 108 Å². The number of ether oxygens (including phenoxy) is 2. The zero-order chi connectivity index (χ0) is 12.8. The number of rotatable bonds is 5. The third-order valence-electron chi connectivity index (χ3n) is 3.54. The van der Waals surface area contributed by atoms with Gasteiger partial charge in [0.1, 0.15) is 0 Å². The Morgan fingerprint density at radius 1 is 0.722 bits per heavy atom. The summed E-state index contributed by atoms with van der Waals surface area (Å²) in [6, 6.07) is 0. The minimum Gasteiger partial charge on any atom is -0.389 e. The van der Waals surface area contributed by atoms with Crippen molar-refractivity contribution in [3.63, 3.8) is 0 Å². The van der Waals surface area contributed by atoms with E-state index in [2.05, 4.69) is 9.80 Å². The summed E-state index contributed by atoms with van der Waals surface area (Å²) in [5.74, 6) is 0. The molecule has 6 heteroatoms. The van der Waals surface area contributed by atoms with Crippen LogP contribution in [-0.4, -0.2) is 97.9 Å². The summed E-state index contributed by atoms with van der Waals surface area (Å²) in [7, 11) is 0. The average molecular weight is 260 g/mol. The molecule has 0 aliphatic carbocycles. The van der Waals surface area contributed by atoms with E-state index in [1.807, 2.05) is 0 Å². The fourth-order valence-electron chi connectivity index (χ4n) is 2.34. The number of morpholine rings is 2. The van der Waals surface area contributed by atoms with Gasteiger partial charge in [-0.2, -0.15) is 0 Å². The first-order valence-corrected chi connectivity index (χ1v) is 6.72. The van der Waals surface area contributed by atoms with E-state index >= 15 is 0 Å². The molecule has 2 heterocycles. The summed E-state index contributed by atoms with van der Waals surface area (Å²) in [4.78, 5) is 4.27. The Balaban J connectivity index is 1.68. The van der Waals surface area contributed by atoms with E-state index in [4.69, 9.17) is 9.47 Å². The maximum absolute atomic E-state index is 10.0. The summed E-state index contributed by atoms with van der Waals surface area (Å²) in [6.45, 7) is 7.24. The van der Waals surface area contributed by atoms with Crippen molar-refractivity contribution in [2.45, 2.75) is 12.2 Å². The zero-order valence-electron chi connectivity index (χ0n) is 10.8. The quantitative estimate of drug-likeness (QED) is 0.619. The van der Waals surface area contributed by atoms with Crippen LogP contribution < -0.4 is 0 Å². The van der Waals surface area contributed by atoms with E-state index in [-0.39, 0.29) is 0 Å². The maximum Gasteiger partial charge on any atom is 0.0938 e. The lowest BCUT2D eigenvalue weighted by Crippen LogP contribution is -2.49. The van der Waals surface area contributed by atoms with Gasteiger partial charge in [-0.3, -0.25) is 9.80 Å². The van der Waals surface area contributed by atoms with Gasteiger partial charge < -0.3 is 19.7 Å². The molecule has 2 aliphatic rings. The van der Waals surface area contributed by atoms with Gasteiger partial charge >= 0.3 is 0 Å². The molecule has 0 aromatic heterocycles. The van der Waals surface area contributed by atoms with Gasteiger partial charge in [0.05, 0.1) is 38.6 Å². The average Bonchev–Trinajstić information content (AvgIpc) is 2.41. The first-order valence-electron chi connectivity index (χ1n) is 6.72. The highest BCUT2D eigenvalue weighted by Gasteiger charge is 2.23. The topological polar surface area (TPSA) is 65.4 Å². The first kappa shape index (κ1) is 14.2. The van der Waals surface area contributed by atoms with E-state index < -0.39 is 12.2 Å². The van der Waals surface area contributed by atoms with Crippen molar-refractivity contribution in [1.82, 2.24) is 9.80 Å². The van der Waals surface area contributed by atoms with Crippen LogP contribution in [0.15, 0.2) is 0 Å². The Kier molecular flexibility index (Phi) is 5.81. The van der Waals surface area contributed by atoms with E-state index in [1.54, 1.807) is 0 Å². The van der Waals surface area contributed by atoms with Crippen molar-refractivity contribution in [2.24, 2.45) is 0 Å². The highest BCUT2D eigenvalue weighted by Crippen LogP contribution is 2.05. The van der Waals surface area contributed by atoms with Crippen LogP contribution >= 0.6 is 0 Å². The minimum absolute atomic E-state index is 0.523. The summed E-state index contributed by atoms with van der Waals surface area (Å²) in [5.41, 5.74) is 0. The number of aliphatic hydroxyl groups is 2. The molecule has 0 aromatic rings. The molecule has 106 valence electrons. The van der Waals surface area contributed by atoms with Gasteiger partial charge in [-0.05, 0) is 0 Å². The molecule has 2 fully saturated rings. The Bertz CT molecular complexity index is 206. The molecule has 0 spiro atoms. The first-order chi connectivity index (χ1) is 8.75. The largest absolute Gasteiger partial charge is 0.389 e. The lowest BCUT2D eigenvalue weighted by atomic mass is 10.1. The molecule has 2 N–H and O–H groups in total. The normalized spacial score (nSPS) is 27.0. The van der Waals surface area contributed by atoms with Crippen LogP contribution in [0, 0.1) is 0 Å². The fourth-order valence-corrected chi connectivity index (χ4v) is 2.34. The Hall–Kier alpha value is -0.240. The maximum atomic E-state index is 10.0. The second kappa shape index (κ2) is 7.37. The molecule has 0 saturated carbocycles. The van der Waals surface area contributed by atoms with E-state index in [0.717, 1.165) is 26.2 Å². The predicted octanol–water partition coefficient (Wildman–Crippen LogP) is -1.63. The van der Waals surface area contributed by atoms with Gasteiger partial charge in [-0.1, -0.05) is 0 Å². The van der Waals surface area contributed by atoms with E-state index in [0.29, 0.717) is 39.5 Å². The highest BCUT2D eigenvalue weighted by atomic mass is 16.5. The van der Waals surface area contributed by atoms with Crippen molar-refractivity contribution >= 4 is 0 Å². The van der Waals surface area contributed by atoms with Gasteiger partial charge in [-0.25, -0.2) is 0 Å². The Morgan fingerprint density at radius 2 is 1.06 bits per heavy atom. The van der Waals surface area contributed by atoms with Gasteiger partial charge in [0.15, 0.2) is 0 Å². The van der Waals surface area contributed by atoms with Crippen LogP contribution in [0.3, 0.4) is 0 Å². The number of nitrogens with zero attached hydrogens (tertiary/aromatic N) is 2. The van der Waals surface area contributed by atoms with Gasteiger partial charge in [0, 0.05) is 39.3 Å².